The Bertz CT molecular complexity index is 668. The van der Waals surface area contributed by atoms with Crippen molar-refractivity contribution in [2.75, 3.05) is 0 Å². The number of hydrogen-bond donors (Lipinski definition) is 0. The van der Waals surface area contributed by atoms with Crippen molar-refractivity contribution >= 4 is 35.2 Å². The molecular weight excluding hydrogens is 276 g/mol. The third-order valence-corrected chi connectivity index (χ3v) is 4.53. The Labute approximate surface area is 123 Å². The van der Waals surface area contributed by atoms with E-state index in [1.165, 1.54) is 6.33 Å². The summed E-state index contributed by atoms with van der Waals surface area (Å²) in [6.45, 7) is 8.10. The average Bonchev–Trinajstić information content (AvgIpc) is 2.76. The molecule has 106 valence electrons. The van der Waals surface area contributed by atoms with Crippen LogP contribution in [-0.2, 0) is 16.4 Å². The minimum absolute atomic E-state index is 0.387. The summed E-state index contributed by atoms with van der Waals surface area (Å²) >= 11 is 6.22. The Morgan fingerprint density at radius 1 is 1.15 bits per heavy atom. The molecule has 1 fully saturated rings. The molecule has 0 spiro atoms. The van der Waals surface area contributed by atoms with E-state index in [4.69, 9.17) is 20.9 Å². The molecule has 0 aromatic carbocycles. The maximum Gasteiger partial charge on any atom is 0.497 e. The van der Waals surface area contributed by atoms with Crippen LogP contribution in [0.25, 0.3) is 11.0 Å². The molecule has 7 heteroatoms. The highest BCUT2D eigenvalue weighted by Gasteiger charge is 2.52. The van der Waals surface area contributed by atoms with Crippen molar-refractivity contribution in [2.45, 2.75) is 38.9 Å². The SMILES string of the molecule is Cn1cc(B2OC(C)(C)C(C)(C)O2)c2c(Cl)ncnc21. The predicted molar refractivity (Wildman–Crippen MR) is 79.2 cm³/mol. The molecule has 2 aromatic rings. The first kappa shape index (κ1) is 13.9. The van der Waals surface area contributed by atoms with E-state index in [1.807, 2.05) is 45.5 Å². The van der Waals surface area contributed by atoms with Gasteiger partial charge < -0.3 is 13.9 Å². The lowest BCUT2D eigenvalue weighted by Gasteiger charge is -2.32. The topological polar surface area (TPSA) is 49.2 Å². The van der Waals surface area contributed by atoms with Crippen molar-refractivity contribution < 1.29 is 9.31 Å². The molecule has 20 heavy (non-hydrogen) atoms. The molecule has 1 aliphatic rings. The summed E-state index contributed by atoms with van der Waals surface area (Å²) in [5.74, 6) is 0. The maximum absolute atomic E-state index is 6.22. The van der Waals surface area contributed by atoms with Crippen LogP contribution in [0.4, 0.5) is 0 Å². The van der Waals surface area contributed by atoms with Gasteiger partial charge in [0, 0.05) is 18.7 Å². The Hall–Kier alpha value is -1.11. The normalized spacial score (nSPS) is 20.8. The highest BCUT2D eigenvalue weighted by molar-refractivity contribution is 6.66. The summed E-state index contributed by atoms with van der Waals surface area (Å²) in [7, 11) is 1.45. The van der Waals surface area contributed by atoms with Crippen LogP contribution in [0, 0.1) is 0 Å². The number of halogens is 1. The van der Waals surface area contributed by atoms with Gasteiger partial charge in [0.1, 0.15) is 17.1 Å². The van der Waals surface area contributed by atoms with Crippen LogP contribution >= 0.6 is 11.6 Å². The lowest BCUT2D eigenvalue weighted by Crippen LogP contribution is -2.41. The van der Waals surface area contributed by atoms with Crippen LogP contribution in [0.2, 0.25) is 5.15 Å². The number of aryl methyl sites for hydroxylation is 1. The molecule has 1 saturated heterocycles. The minimum atomic E-state index is -0.466. The maximum atomic E-state index is 6.22. The van der Waals surface area contributed by atoms with Crippen molar-refractivity contribution in [3.8, 4) is 0 Å². The van der Waals surface area contributed by atoms with Gasteiger partial charge in [-0.05, 0) is 27.7 Å². The summed E-state index contributed by atoms with van der Waals surface area (Å²) in [6.07, 6.45) is 3.39. The summed E-state index contributed by atoms with van der Waals surface area (Å²) in [5, 5.41) is 1.20. The monoisotopic (exact) mass is 293 g/mol. The molecule has 2 aromatic heterocycles. The standard InChI is InChI=1S/C13H17BClN3O2/c1-12(2)13(3,4)20-14(19-12)8-6-18(5)11-9(8)10(15)16-7-17-11/h6-7H,1-5H3. The van der Waals surface area contributed by atoms with Gasteiger partial charge in [-0.2, -0.15) is 0 Å². The second-order valence-corrected chi connectivity index (χ2v) is 6.50. The largest absolute Gasteiger partial charge is 0.497 e. The lowest BCUT2D eigenvalue weighted by atomic mass is 9.79. The van der Waals surface area contributed by atoms with Gasteiger partial charge in [0.2, 0.25) is 0 Å². The van der Waals surface area contributed by atoms with E-state index in [-0.39, 0.29) is 11.2 Å². The zero-order valence-corrected chi connectivity index (χ0v) is 13.0. The first-order valence-corrected chi connectivity index (χ1v) is 6.92. The Kier molecular flexibility index (Phi) is 2.91. The van der Waals surface area contributed by atoms with Gasteiger partial charge in [0.25, 0.3) is 0 Å². The van der Waals surface area contributed by atoms with Gasteiger partial charge in [-0.25, -0.2) is 9.97 Å². The van der Waals surface area contributed by atoms with Gasteiger partial charge in [0.15, 0.2) is 0 Å². The number of hydrogen-bond acceptors (Lipinski definition) is 4. The molecule has 0 N–H and O–H groups in total. The van der Waals surface area contributed by atoms with E-state index in [0.717, 1.165) is 16.5 Å². The Balaban J connectivity index is 2.13. The second-order valence-electron chi connectivity index (χ2n) is 6.15. The zero-order valence-electron chi connectivity index (χ0n) is 12.3. The number of nitrogens with zero attached hydrogens (tertiary/aromatic N) is 3. The molecule has 0 aliphatic carbocycles. The highest BCUT2D eigenvalue weighted by atomic mass is 35.5. The van der Waals surface area contributed by atoms with E-state index in [1.54, 1.807) is 0 Å². The van der Waals surface area contributed by atoms with Gasteiger partial charge in [-0.3, -0.25) is 0 Å². The molecule has 3 rings (SSSR count). The van der Waals surface area contributed by atoms with E-state index < -0.39 is 7.12 Å². The molecule has 0 radical (unpaired) electrons. The molecule has 5 nitrogen and oxygen atoms in total. The van der Waals surface area contributed by atoms with Crippen LogP contribution in [0.5, 0.6) is 0 Å². The lowest BCUT2D eigenvalue weighted by molar-refractivity contribution is 0.00578. The summed E-state index contributed by atoms with van der Waals surface area (Å²) in [5.41, 5.74) is 0.866. The first-order valence-electron chi connectivity index (χ1n) is 6.54. The fraction of sp³-hybridized carbons (Fsp3) is 0.538. The van der Waals surface area contributed by atoms with Gasteiger partial charge in [-0.1, -0.05) is 11.6 Å². The van der Waals surface area contributed by atoms with Crippen molar-refractivity contribution in [3.05, 3.63) is 17.7 Å². The fourth-order valence-corrected chi connectivity index (χ4v) is 2.59. The minimum Gasteiger partial charge on any atom is -0.399 e. The van der Waals surface area contributed by atoms with Crippen LogP contribution in [-0.4, -0.2) is 32.9 Å². The first-order chi connectivity index (χ1) is 9.23. The van der Waals surface area contributed by atoms with Crippen molar-refractivity contribution in [1.29, 1.82) is 0 Å². The predicted octanol–water partition coefficient (Wildman–Crippen LogP) is 1.92. The molecule has 1 aliphatic heterocycles. The molecular formula is C13H17BClN3O2. The van der Waals surface area contributed by atoms with E-state index in [0.29, 0.717) is 5.15 Å². The fourth-order valence-electron chi connectivity index (χ4n) is 2.35. The van der Waals surface area contributed by atoms with E-state index in [2.05, 4.69) is 9.97 Å². The molecule has 0 unspecified atom stereocenters. The summed E-state index contributed by atoms with van der Waals surface area (Å²) < 4.78 is 14.1. The molecule has 0 atom stereocenters. The van der Waals surface area contributed by atoms with Crippen LogP contribution < -0.4 is 5.46 Å². The number of fused-ring (bicyclic) bond motifs is 1. The Morgan fingerprint density at radius 2 is 1.75 bits per heavy atom. The second kappa shape index (κ2) is 4.19. The van der Waals surface area contributed by atoms with Gasteiger partial charge in [0.05, 0.1) is 16.6 Å². The molecule has 3 heterocycles. The van der Waals surface area contributed by atoms with Crippen LogP contribution in [0.3, 0.4) is 0 Å². The van der Waals surface area contributed by atoms with Crippen molar-refractivity contribution in [3.63, 3.8) is 0 Å². The smallest absolute Gasteiger partial charge is 0.399 e. The van der Waals surface area contributed by atoms with Crippen LogP contribution in [0.15, 0.2) is 12.5 Å². The summed E-state index contributed by atoms with van der Waals surface area (Å²) in [6, 6.07) is 0. The van der Waals surface area contributed by atoms with Crippen molar-refractivity contribution in [1.82, 2.24) is 14.5 Å². The molecule has 0 amide bonds. The zero-order chi connectivity index (χ0) is 14.7. The van der Waals surface area contributed by atoms with E-state index in [9.17, 15) is 0 Å². The number of rotatable bonds is 1. The van der Waals surface area contributed by atoms with Gasteiger partial charge in [-0.15, -0.1) is 0 Å². The third kappa shape index (κ3) is 1.86. The molecule has 0 bridgehead atoms. The van der Waals surface area contributed by atoms with Crippen molar-refractivity contribution in [2.24, 2.45) is 7.05 Å². The summed E-state index contributed by atoms with van der Waals surface area (Å²) in [4.78, 5) is 8.32. The molecule has 0 saturated carbocycles. The Morgan fingerprint density at radius 3 is 2.35 bits per heavy atom. The average molecular weight is 294 g/mol. The quantitative estimate of drug-likeness (QED) is 0.595. The highest BCUT2D eigenvalue weighted by Crippen LogP contribution is 2.37. The van der Waals surface area contributed by atoms with Crippen LogP contribution in [0.1, 0.15) is 27.7 Å². The third-order valence-electron chi connectivity index (χ3n) is 4.24. The number of aromatic nitrogens is 3. The van der Waals surface area contributed by atoms with Gasteiger partial charge >= 0.3 is 7.12 Å². The van der Waals surface area contributed by atoms with E-state index >= 15 is 0 Å².